The van der Waals surface area contributed by atoms with Crippen LogP contribution in [0.3, 0.4) is 0 Å². The van der Waals surface area contributed by atoms with E-state index in [0.717, 1.165) is 5.56 Å². The number of imide groups is 1. The maximum absolute atomic E-state index is 13.1. The number of amides is 2. The first kappa shape index (κ1) is 16.0. The number of carbonyl (C=O) groups excluding carboxylic acids is 3. The average molecular weight is 356 g/mol. The van der Waals surface area contributed by atoms with Crippen LogP contribution in [0.15, 0.2) is 54.6 Å². The molecule has 126 valence electrons. The van der Waals surface area contributed by atoms with Gasteiger partial charge in [-0.15, -0.1) is 0 Å². The van der Waals surface area contributed by atoms with E-state index >= 15 is 0 Å². The Hall–Kier alpha value is -2.48. The predicted molar refractivity (Wildman–Crippen MR) is 88.9 cm³/mol. The Kier molecular flexibility index (Phi) is 3.91. The van der Waals surface area contributed by atoms with Crippen molar-refractivity contribution in [2.24, 2.45) is 0 Å². The third kappa shape index (κ3) is 2.39. The summed E-state index contributed by atoms with van der Waals surface area (Å²) >= 11 is 0.511. The van der Waals surface area contributed by atoms with Crippen molar-refractivity contribution >= 4 is 30.1 Å². The predicted octanol–water partition coefficient (Wildman–Crippen LogP) is 2.50. The molecule has 4 rings (SSSR count). The van der Waals surface area contributed by atoms with Crippen molar-refractivity contribution in [1.82, 2.24) is 0 Å². The van der Waals surface area contributed by atoms with Crippen molar-refractivity contribution in [3.8, 4) is 0 Å². The molecule has 2 amide bonds. The minimum Gasteiger partial charge on any atom is -0.357 e. The summed E-state index contributed by atoms with van der Waals surface area (Å²) in [6, 6.07) is 16.1. The molecule has 6 nitrogen and oxygen atoms in total. The molecule has 1 saturated heterocycles. The van der Waals surface area contributed by atoms with Gasteiger partial charge in [-0.25, -0.2) is 18.6 Å². The Balaban J connectivity index is 1.77. The second kappa shape index (κ2) is 6.11. The van der Waals surface area contributed by atoms with Gasteiger partial charge in [0.2, 0.25) is 12.3 Å². The van der Waals surface area contributed by atoms with E-state index in [1.165, 1.54) is 0 Å². The molecule has 0 spiro atoms. The molecule has 2 aromatic carbocycles. The van der Waals surface area contributed by atoms with Crippen LogP contribution in [0.25, 0.3) is 0 Å². The van der Waals surface area contributed by atoms with E-state index in [0.29, 0.717) is 29.9 Å². The molecule has 2 aromatic rings. The van der Waals surface area contributed by atoms with Crippen LogP contribution >= 0.6 is 12.3 Å². The molecule has 2 aliphatic rings. The van der Waals surface area contributed by atoms with Gasteiger partial charge in [0.15, 0.2) is 0 Å². The van der Waals surface area contributed by atoms with Gasteiger partial charge in [-0.3, -0.25) is 0 Å². The van der Waals surface area contributed by atoms with Crippen molar-refractivity contribution < 1.29 is 27.2 Å². The van der Waals surface area contributed by atoms with Crippen molar-refractivity contribution in [2.45, 2.75) is 12.6 Å². The minimum absolute atomic E-state index is 0.122. The number of rotatable bonds is 4. The number of benzene rings is 2. The first-order chi connectivity index (χ1) is 12.1. The fourth-order valence-electron chi connectivity index (χ4n) is 3.29. The fraction of sp³-hybridized carbons (Fsp3) is 0.167. The molecule has 2 heterocycles. The lowest BCUT2D eigenvalue weighted by Gasteiger charge is -2.30. The van der Waals surface area contributed by atoms with E-state index < -0.39 is 28.5 Å². The van der Waals surface area contributed by atoms with E-state index in [4.69, 9.17) is 8.37 Å². The van der Waals surface area contributed by atoms with Gasteiger partial charge >= 0.3 is 24.0 Å². The molecule has 1 atom stereocenters. The van der Waals surface area contributed by atoms with Crippen LogP contribution in [0.4, 0.5) is 0 Å². The molecule has 0 unspecified atom stereocenters. The summed E-state index contributed by atoms with van der Waals surface area (Å²) in [7, 11) is 0. The maximum Gasteiger partial charge on any atom is 0.411 e. The van der Waals surface area contributed by atoms with Gasteiger partial charge in [0, 0.05) is 6.42 Å². The molecule has 2 aliphatic heterocycles. The van der Waals surface area contributed by atoms with Crippen molar-refractivity contribution in [1.29, 1.82) is 0 Å². The quantitative estimate of drug-likeness (QED) is 0.476. The highest BCUT2D eigenvalue weighted by atomic mass is 32.2. The summed E-state index contributed by atoms with van der Waals surface area (Å²) in [5.41, 5.74) is 1.60. The molecule has 0 aromatic heterocycles. The lowest BCUT2D eigenvalue weighted by molar-refractivity contribution is -0.801. The van der Waals surface area contributed by atoms with E-state index in [9.17, 15) is 14.4 Å². The van der Waals surface area contributed by atoms with Gasteiger partial charge in [0.25, 0.3) is 0 Å². The lowest BCUT2D eigenvalue weighted by atomic mass is 10.1. The third-order valence-corrected chi connectivity index (χ3v) is 5.05. The molecule has 0 N–H and O–H groups in total. The van der Waals surface area contributed by atoms with Crippen LogP contribution < -0.4 is 0 Å². The van der Waals surface area contributed by atoms with Gasteiger partial charge in [-0.05, 0) is 17.7 Å². The summed E-state index contributed by atoms with van der Waals surface area (Å²) < 4.78 is 9.35. The third-order valence-electron chi connectivity index (χ3n) is 4.56. The highest BCUT2D eigenvalue weighted by molar-refractivity contribution is 7.90. The number of fused-ring (bicyclic) bond motifs is 1. The molecule has 0 bridgehead atoms. The van der Waals surface area contributed by atoms with Crippen LogP contribution in [0.2, 0.25) is 0 Å². The highest BCUT2D eigenvalue weighted by Crippen LogP contribution is 2.38. The average Bonchev–Trinajstić information content (AvgIpc) is 3.17. The Morgan fingerprint density at radius 3 is 2.04 bits per heavy atom. The van der Waals surface area contributed by atoms with Crippen LogP contribution in [0.5, 0.6) is 0 Å². The zero-order valence-electron chi connectivity index (χ0n) is 13.1. The van der Waals surface area contributed by atoms with E-state index in [1.807, 2.05) is 30.3 Å². The van der Waals surface area contributed by atoms with Crippen molar-refractivity contribution in [3.05, 3.63) is 71.3 Å². The molecule has 1 fully saturated rings. The largest absolute Gasteiger partial charge is 0.411 e. The molecular weight excluding hydrogens is 342 g/mol. The molecular formula is C18H14NO5S+. The van der Waals surface area contributed by atoms with Crippen LogP contribution in [0, 0.1) is 0 Å². The fourth-order valence-corrected chi connectivity index (χ4v) is 3.77. The zero-order chi connectivity index (χ0) is 17.4. The number of quaternary nitrogens is 1. The maximum atomic E-state index is 13.1. The Morgan fingerprint density at radius 1 is 0.880 bits per heavy atom. The Bertz CT molecular complexity index is 832. The van der Waals surface area contributed by atoms with Gasteiger partial charge in [-0.2, -0.15) is 4.48 Å². The summed E-state index contributed by atoms with van der Waals surface area (Å²) in [6.07, 6.45) is -0.842. The monoisotopic (exact) mass is 356 g/mol. The van der Waals surface area contributed by atoms with E-state index in [2.05, 4.69) is 0 Å². The van der Waals surface area contributed by atoms with E-state index in [-0.39, 0.29) is 6.54 Å². The molecule has 0 saturated carbocycles. The second-order valence-corrected chi connectivity index (χ2v) is 6.40. The summed E-state index contributed by atoms with van der Waals surface area (Å²) in [4.78, 5) is 38.4. The number of hydrogen-bond acceptors (Lipinski definition) is 6. The van der Waals surface area contributed by atoms with Gasteiger partial charge in [-0.1, -0.05) is 42.5 Å². The Morgan fingerprint density at radius 2 is 1.48 bits per heavy atom. The van der Waals surface area contributed by atoms with E-state index in [1.54, 1.807) is 24.3 Å². The van der Waals surface area contributed by atoms with Crippen molar-refractivity contribution in [2.75, 3.05) is 6.54 Å². The first-order valence-corrected chi connectivity index (χ1v) is 8.45. The van der Waals surface area contributed by atoms with Gasteiger partial charge in [0.05, 0.1) is 11.1 Å². The molecule has 7 heteroatoms. The van der Waals surface area contributed by atoms with Gasteiger partial charge < -0.3 is 4.18 Å². The highest BCUT2D eigenvalue weighted by Gasteiger charge is 2.63. The normalized spacial score (nSPS) is 21.3. The molecule has 25 heavy (non-hydrogen) atoms. The first-order valence-electron chi connectivity index (χ1n) is 7.79. The van der Waals surface area contributed by atoms with Gasteiger partial charge in [0.1, 0.15) is 6.54 Å². The molecule has 0 radical (unpaired) electrons. The van der Waals surface area contributed by atoms with Crippen LogP contribution in [-0.2, 0) is 19.6 Å². The molecule has 0 aliphatic carbocycles. The smallest absolute Gasteiger partial charge is 0.357 e. The van der Waals surface area contributed by atoms with Crippen LogP contribution in [0.1, 0.15) is 26.3 Å². The number of hydrogen-bond donors (Lipinski definition) is 0. The minimum atomic E-state index is -1.29. The Labute approximate surface area is 148 Å². The SMILES string of the molecule is O=C1OSO[C@@H]1[N+]1(CCc2ccccc2)C(=O)c2ccccc2C1=O. The number of nitrogens with zero attached hydrogens (tertiary/aromatic N) is 1. The topological polar surface area (TPSA) is 69.7 Å². The summed E-state index contributed by atoms with van der Waals surface area (Å²) in [5.74, 6) is -1.57. The van der Waals surface area contributed by atoms with Crippen LogP contribution in [-0.4, -0.2) is 35.0 Å². The standard InChI is InChI=1S/C18H14NO5S/c20-15-13-8-4-5-9-14(13)16(21)19(15,17-18(22)24-25-23-17)11-10-12-6-2-1-3-7-12/h1-9,17H,10-11H2/q+1/t17-/m0/s1. The van der Waals surface area contributed by atoms with Crippen molar-refractivity contribution in [3.63, 3.8) is 0 Å². The number of carbonyl (C=O) groups is 3. The zero-order valence-corrected chi connectivity index (χ0v) is 13.9. The summed E-state index contributed by atoms with van der Waals surface area (Å²) in [5, 5.41) is 0. The lowest BCUT2D eigenvalue weighted by Crippen LogP contribution is -2.62. The summed E-state index contributed by atoms with van der Waals surface area (Å²) in [6.45, 7) is 0.122. The second-order valence-electron chi connectivity index (χ2n) is 5.90.